The van der Waals surface area contributed by atoms with Crippen molar-refractivity contribution in [3.05, 3.63) is 146 Å². The lowest BCUT2D eigenvalue weighted by atomic mass is 10.3. The fourth-order valence-corrected chi connectivity index (χ4v) is 6.69. The molecule has 6 aromatic carbocycles. The molecule has 7 heteroatoms. The van der Waals surface area contributed by atoms with Crippen molar-refractivity contribution in [2.75, 3.05) is 17.2 Å². The summed E-state index contributed by atoms with van der Waals surface area (Å²) < 4.78 is 18.1. The van der Waals surface area contributed by atoms with E-state index in [4.69, 9.17) is 31.4 Å². The van der Waals surface area contributed by atoms with E-state index in [0.717, 1.165) is 34.5 Å². The third-order valence-corrected chi connectivity index (χ3v) is 9.08. The number of anilines is 3. The molecule has 0 aliphatic carbocycles. The number of hydrogen-bond acceptors (Lipinski definition) is 6. The number of ether oxygens (including phenoxy) is 3. The van der Waals surface area contributed by atoms with Crippen molar-refractivity contribution < 1.29 is 14.2 Å². The average Bonchev–Trinajstić information content (AvgIpc) is 3.03. The van der Waals surface area contributed by atoms with Crippen LogP contribution in [-0.2, 0) is 0 Å². The van der Waals surface area contributed by atoms with E-state index in [9.17, 15) is 0 Å². The Balaban J connectivity index is 1.27. The van der Waals surface area contributed by atoms with E-state index in [-0.39, 0.29) is 0 Å². The zero-order valence-electron chi connectivity index (χ0n) is 23.3. The highest BCUT2D eigenvalue weighted by molar-refractivity contribution is 7.79. The molecule has 6 N–H and O–H groups in total. The number of nitrogens with two attached hydrogens (primary N) is 3. The molecule has 6 nitrogen and oxygen atoms in total. The monoisotopic (exact) mass is 583 g/mol. The lowest BCUT2D eigenvalue weighted by Gasteiger charge is -2.20. The smallest absolute Gasteiger partial charge is 0.127 e. The molecule has 0 unspecified atom stereocenters. The van der Waals surface area contributed by atoms with E-state index in [2.05, 4.69) is 36.4 Å². The van der Waals surface area contributed by atoms with E-state index in [1.54, 1.807) is 0 Å². The summed E-state index contributed by atoms with van der Waals surface area (Å²) in [6.07, 6.45) is 0. The van der Waals surface area contributed by atoms with Crippen LogP contribution in [0, 0.1) is 0 Å². The first-order valence-corrected chi connectivity index (χ1v) is 15.0. The molecule has 0 fully saturated rings. The van der Waals surface area contributed by atoms with Crippen molar-refractivity contribution in [2.45, 2.75) is 0 Å². The van der Waals surface area contributed by atoms with Crippen LogP contribution in [0.3, 0.4) is 0 Å². The summed E-state index contributed by atoms with van der Waals surface area (Å²) in [5.74, 6) is 4.46. The second-order valence-electron chi connectivity index (χ2n) is 9.83. The van der Waals surface area contributed by atoms with Crippen LogP contribution in [0.4, 0.5) is 17.1 Å². The Hall–Kier alpha value is -5.45. The minimum atomic E-state index is -0.890. The van der Waals surface area contributed by atoms with Gasteiger partial charge in [-0.25, -0.2) is 0 Å². The Kier molecular flexibility index (Phi) is 8.12. The lowest BCUT2D eigenvalue weighted by Crippen LogP contribution is -2.20. The van der Waals surface area contributed by atoms with Crippen molar-refractivity contribution in [3.63, 3.8) is 0 Å². The fraction of sp³-hybridized carbons (Fsp3) is 0. The van der Waals surface area contributed by atoms with Gasteiger partial charge in [-0.1, -0.05) is 36.4 Å². The van der Waals surface area contributed by atoms with Crippen LogP contribution < -0.4 is 47.3 Å². The van der Waals surface area contributed by atoms with Gasteiger partial charge in [0.05, 0.1) is 0 Å². The van der Waals surface area contributed by atoms with Crippen molar-refractivity contribution in [3.8, 4) is 34.5 Å². The van der Waals surface area contributed by atoms with Crippen LogP contribution in [0.2, 0.25) is 0 Å². The first-order valence-electron chi connectivity index (χ1n) is 13.7. The SMILES string of the molecule is Nc1ccc(Oc2ccc(P(c3ccc(Oc4ccc(N)cc4)cc3)c3ccc(Oc4ccc(N)cc4)cc3)cc2)cc1. The largest absolute Gasteiger partial charge is 0.457 e. The van der Waals surface area contributed by atoms with Gasteiger partial charge in [-0.05, 0) is 133 Å². The van der Waals surface area contributed by atoms with Gasteiger partial charge < -0.3 is 31.4 Å². The normalized spacial score (nSPS) is 10.8. The van der Waals surface area contributed by atoms with Gasteiger partial charge in [0.2, 0.25) is 0 Å². The Labute approximate surface area is 252 Å². The molecule has 0 heterocycles. The number of nitrogen functional groups attached to an aromatic ring is 3. The molecular formula is C36H30N3O3P. The van der Waals surface area contributed by atoms with Gasteiger partial charge in [0.1, 0.15) is 34.5 Å². The number of hydrogen-bond donors (Lipinski definition) is 3. The molecular weight excluding hydrogens is 553 g/mol. The van der Waals surface area contributed by atoms with Gasteiger partial charge in [-0.2, -0.15) is 0 Å². The molecule has 0 bridgehead atoms. The maximum atomic E-state index is 6.04. The van der Waals surface area contributed by atoms with Crippen LogP contribution in [0.25, 0.3) is 0 Å². The Morgan fingerprint density at radius 1 is 0.279 bits per heavy atom. The highest BCUT2D eigenvalue weighted by Crippen LogP contribution is 2.36. The average molecular weight is 584 g/mol. The van der Waals surface area contributed by atoms with Crippen molar-refractivity contribution in [1.29, 1.82) is 0 Å². The minimum Gasteiger partial charge on any atom is -0.457 e. The van der Waals surface area contributed by atoms with Crippen LogP contribution in [0.5, 0.6) is 34.5 Å². The molecule has 0 spiro atoms. The van der Waals surface area contributed by atoms with Gasteiger partial charge in [0.25, 0.3) is 0 Å². The fourth-order valence-electron chi connectivity index (χ4n) is 4.45. The third-order valence-electron chi connectivity index (χ3n) is 6.63. The molecule has 6 aromatic rings. The van der Waals surface area contributed by atoms with E-state index >= 15 is 0 Å². The van der Waals surface area contributed by atoms with E-state index in [1.165, 1.54) is 15.9 Å². The molecule has 0 saturated carbocycles. The maximum absolute atomic E-state index is 6.04. The molecule has 0 aliphatic rings. The van der Waals surface area contributed by atoms with E-state index < -0.39 is 7.92 Å². The van der Waals surface area contributed by atoms with Gasteiger partial charge in [-0.15, -0.1) is 0 Å². The predicted molar refractivity (Wildman–Crippen MR) is 178 cm³/mol. The summed E-state index contributed by atoms with van der Waals surface area (Å²) in [5, 5.41) is 3.54. The second kappa shape index (κ2) is 12.6. The molecule has 0 amide bonds. The van der Waals surface area contributed by atoms with Gasteiger partial charge in [0, 0.05) is 17.1 Å². The second-order valence-corrected chi connectivity index (χ2v) is 12.1. The van der Waals surface area contributed by atoms with E-state index in [1.807, 2.05) is 109 Å². The highest BCUT2D eigenvalue weighted by atomic mass is 31.1. The molecule has 0 atom stereocenters. The van der Waals surface area contributed by atoms with Crippen molar-refractivity contribution in [1.82, 2.24) is 0 Å². The molecule has 0 radical (unpaired) electrons. The maximum Gasteiger partial charge on any atom is 0.127 e. The standard InChI is InChI=1S/C36H30N3O3P/c37-25-1-7-28(8-2-25)40-31-13-19-34(20-14-31)43(35-21-15-32(16-22-35)41-29-9-3-26(38)4-10-29)36-23-17-33(18-24-36)42-30-11-5-27(39)6-12-30/h1-24H,37-39H2. The molecule has 6 rings (SSSR count). The summed E-state index contributed by atoms with van der Waals surface area (Å²) >= 11 is 0. The quantitative estimate of drug-likeness (QED) is 0.120. The van der Waals surface area contributed by atoms with Crippen LogP contribution >= 0.6 is 7.92 Å². The van der Waals surface area contributed by atoms with Crippen LogP contribution in [-0.4, -0.2) is 0 Å². The zero-order valence-corrected chi connectivity index (χ0v) is 24.2. The minimum absolute atomic E-state index is 0.697. The van der Waals surface area contributed by atoms with E-state index in [0.29, 0.717) is 17.1 Å². The topological polar surface area (TPSA) is 106 Å². The third kappa shape index (κ3) is 7.07. The predicted octanol–water partition coefficient (Wildman–Crippen LogP) is 7.57. The van der Waals surface area contributed by atoms with Crippen LogP contribution in [0.1, 0.15) is 0 Å². The Bertz CT molecular complexity index is 1560. The van der Waals surface area contributed by atoms with Crippen molar-refractivity contribution in [2.24, 2.45) is 0 Å². The number of rotatable bonds is 9. The highest BCUT2D eigenvalue weighted by Gasteiger charge is 2.18. The lowest BCUT2D eigenvalue weighted by molar-refractivity contribution is 0.482. The first kappa shape index (κ1) is 27.7. The summed E-state index contributed by atoms with van der Waals surface area (Å²) in [7, 11) is -0.890. The molecule has 212 valence electrons. The zero-order chi connectivity index (χ0) is 29.6. The Morgan fingerprint density at radius 3 is 0.674 bits per heavy atom. The van der Waals surface area contributed by atoms with Gasteiger partial charge in [-0.3, -0.25) is 0 Å². The molecule has 0 aromatic heterocycles. The summed E-state index contributed by atoms with van der Waals surface area (Å²) in [5.41, 5.74) is 19.5. The first-order chi connectivity index (χ1) is 21.0. The van der Waals surface area contributed by atoms with Crippen molar-refractivity contribution >= 4 is 40.9 Å². The number of benzene rings is 6. The summed E-state index contributed by atoms with van der Waals surface area (Å²) in [6.45, 7) is 0. The molecule has 0 saturated heterocycles. The summed E-state index contributed by atoms with van der Waals surface area (Å²) in [4.78, 5) is 0. The summed E-state index contributed by atoms with van der Waals surface area (Å²) in [6, 6.07) is 46.8. The molecule has 0 aliphatic heterocycles. The van der Waals surface area contributed by atoms with Gasteiger partial charge in [0.15, 0.2) is 0 Å². The van der Waals surface area contributed by atoms with Gasteiger partial charge >= 0.3 is 0 Å². The Morgan fingerprint density at radius 2 is 0.465 bits per heavy atom. The molecule has 43 heavy (non-hydrogen) atoms. The van der Waals surface area contributed by atoms with Crippen LogP contribution in [0.15, 0.2) is 146 Å².